The summed E-state index contributed by atoms with van der Waals surface area (Å²) >= 11 is 1.98. The van der Waals surface area contributed by atoms with Gasteiger partial charge in [0.2, 0.25) is 10.0 Å². The average Bonchev–Trinajstić information content (AvgIpc) is 3.26. The van der Waals surface area contributed by atoms with Crippen molar-refractivity contribution in [3.8, 4) is 0 Å². The van der Waals surface area contributed by atoms with Crippen LogP contribution in [0.15, 0.2) is 35.2 Å². The van der Waals surface area contributed by atoms with E-state index in [0.29, 0.717) is 23.9 Å². The van der Waals surface area contributed by atoms with E-state index in [1.807, 2.05) is 11.8 Å². The zero-order valence-electron chi connectivity index (χ0n) is 13.0. The fourth-order valence-corrected chi connectivity index (χ4v) is 5.04. The van der Waals surface area contributed by atoms with E-state index in [2.05, 4.69) is 35.6 Å². The third-order valence-corrected chi connectivity index (χ3v) is 7.32. The molecule has 0 bridgehead atoms. The Morgan fingerprint density at radius 2 is 1.86 bits per heavy atom. The molecular weight excluding hydrogens is 316 g/mol. The topological polar surface area (TPSA) is 49.4 Å². The zero-order valence-corrected chi connectivity index (χ0v) is 14.6. The van der Waals surface area contributed by atoms with Crippen molar-refractivity contribution in [3.63, 3.8) is 0 Å². The van der Waals surface area contributed by atoms with Crippen molar-refractivity contribution >= 4 is 21.8 Å². The van der Waals surface area contributed by atoms with Crippen LogP contribution in [0.3, 0.4) is 0 Å². The van der Waals surface area contributed by atoms with Crippen LogP contribution in [0.4, 0.5) is 0 Å². The van der Waals surface area contributed by atoms with E-state index >= 15 is 0 Å². The van der Waals surface area contributed by atoms with E-state index in [1.54, 1.807) is 4.31 Å². The smallest absolute Gasteiger partial charge is 0.211 e. The van der Waals surface area contributed by atoms with Gasteiger partial charge in [-0.05, 0) is 37.8 Å². The van der Waals surface area contributed by atoms with Gasteiger partial charge in [-0.1, -0.05) is 18.2 Å². The van der Waals surface area contributed by atoms with Crippen molar-refractivity contribution in [2.24, 2.45) is 0 Å². The molecular formula is C16H24N2O2S2. The Hall–Kier alpha value is -0.560. The Balaban J connectivity index is 1.46. The Kier molecular flexibility index (Phi) is 4.83. The van der Waals surface area contributed by atoms with Crippen molar-refractivity contribution < 1.29 is 8.42 Å². The number of rotatable bonds is 6. The van der Waals surface area contributed by atoms with Crippen LogP contribution in [-0.2, 0) is 10.0 Å². The number of piperidine rings is 1. The van der Waals surface area contributed by atoms with Gasteiger partial charge in [0, 0.05) is 35.3 Å². The average molecular weight is 341 g/mol. The second-order valence-electron chi connectivity index (χ2n) is 6.42. The third kappa shape index (κ3) is 4.25. The second-order valence-corrected chi connectivity index (χ2v) is 9.94. The summed E-state index contributed by atoms with van der Waals surface area (Å²) in [5.41, 5.74) is 0. The van der Waals surface area contributed by atoms with Crippen LogP contribution in [0, 0.1) is 0 Å². The fourth-order valence-electron chi connectivity index (χ4n) is 2.91. The van der Waals surface area contributed by atoms with Gasteiger partial charge in [0.15, 0.2) is 0 Å². The molecule has 1 aromatic rings. The molecule has 1 N–H and O–H groups in total. The van der Waals surface area contributed by atoms with Gasteiger partial charge in [-0.25, -0.2) is 12.7 Å². The van der Waals surface area contributed by atoms with Crippen LogP contribution in [0.25, 0.3) is 0 Å². The van der Waals surface area contributed by atoms with E-state index in [4.69, 9.17) is 0 Å². The molecule has 1 aromatic carbocycles. The predicted molar refractivity (Wildman–Crippen MR) is 91.7 cm³/mol. The number of benzene rings is 1. The summed E-state index contributed by atoms with van der Waals surface area (Å²) in [5.74, 6) is 0. The van der Waals surface area contributed by atoms with Crippen LogP contribution in [-0.4, -0.2) is 49.4 Å². The van der Waals surface area contributed by atoms with E-state index < -0.39 is 10.0 Å². The summed E-state index contributed by atoms with van der Waals surface area (Å²) in [6, 6.07) is 11.0. The second kappa shape index (κ2) is 6.51. The van der Waals surface area contributed by atoms with Gasteiger partial charge < -0.3 is 5.32 Å². The SMILES string of the molecule is CS(=O)(=O)N1CCC(NCC2(Sc3ccccc3)CC2)CC1. The zero-order chi connectivity index (χ0) is 15.6. The Labute approximate surface area is 137 Å². The van der Waals surface area contributed by atoms with Gasteiger partial charge in [-0.3, -0.25) is 0 Å². The van der Waals surface area contributed by atoms with E-state index in [-0.39, 0.29) is 0 Å². The predicted octanol–water partition coefficient (Wildman–Crippen LogP) is 2.32. The standard InChI is InChI=1S/C16H24N2O2S2/c1-22(19,20)18-11-7-14(8-12-18)17-13-16(9-10-16)21-15-5-3-2-4-6-15/h2-6,14,17H,7-13H2,1H3. The maximum Gasteiger partial charge on any atom is 0.211 e. The molecule has 1 aliphatic carbocycles. The normalized spacial score (nSPS) is 22.6. The lowest BCUT2D eigenvalue weighted by Crippen LogP contribution is -2.46. The molecule has 122 valence electrons. The maximum atomic E-state index is 11.5. The van der Waals surface area contributed by atoms with Crippen molar-refractivity contribution in [2.75, 3.05) is 25.9 Å². The first-order chi connectivity index (χ1) is 10.5. The van der Waals surface area contributed by atoms with Crippen molar-refractivity contribution in [2.45, 2.75) is 41.4 Å². The lowest BCUT2D eigenvalue weighted by atomic mass is 10.1. The number of sulfonamides is 1. The molecule has 0 spiro atoms. The Morgan fingerprint density at radius 3 is 2.41 bits per heavy atom. The highest BCUT2D eigenvalue weighted by molar-refractivity contribution is 8.01. The highest BCUT2D eigenvalue weighted by Gasteiger charge is 2.43. The lowest BCUT2D eigenvalue weighted by Gasteiger charge is -2.31. The minimum absolute atomic E-state index is 0.356. The first-order valence-corrected chi connectivity index (χ1v) is 10.6. The monoisotopic (exact) mass is 340 g/mol. The maximum absolute atomic E-state index is 11.5. The van der Waals surface area contributed by atoms with Gasteiger partial charge >= 0.3 is 0 Å². The van der Waals surface area contributed by atoms with E-state index in [0.717, 1.165) is 19.4 Å². The minimum atomic E-state index is -3.02. The summed E-state index contributed by atoms with van der Waals surface area (Å²) in [6.07, 6.45) is 5.66. The molecule has 0 aromatic heterocycles. The van der Waals surface area contributed by atoms with Gasteiger partial charge in [-0.15, -0.1) is 11.8 Å². The van der Waals surface area contributed by atoms with Gasteiger partial charge in [0.25, 0.3) is 0 Å². The minimum Gasteiger partial charge on any atom is -0.312 e. The van der Waals surface area contributed by atoms with Gasteiger partial charge in [0.1, 0.15) is 0 Å². The number of hydrogen-bond donors (Lipinski definition) is 1. The van der Waals surface area contributed by atoms with Crippen LogP contribution < -0.4 is 5.32 Å². The van der Waals surface area contributed by atoms with Crippen LogP contribution in [0.2, 0.25) is 0 Å². The molecule has 0 unspecified atom stereocenters. The first kappa shape index (κ1) is 16.3. The summed E-state index contributed by atoms with van der Waals surface area (Å²) in [4.78, 5) is 1.34. The molecule has 2 fully saturated rings. The molecule has 0 atom stereocenters. The summed E-state index contributed by atoms with van der Waals surface area (Å²) in [6.45, 7) is 2.32. The molecule has 6 heteroatoms. The molecule has 1 saturated carbocycles. The van der Waals surface area contributed by atoms with Crippen LogP contribution >= 0.6 is 11.8 Å². The van der Waals surface area contributed by atoms with E-state index in [9.17, 15) is 8.42 Å². The molecule has 1 aliphatic heterocycles. The number of nitrogens with one attached hydrogen (secondary N) is 1. The van der Waals surface area contributed by atoms with Crippen molar-refractivity contribution in [1.82, 2.24) is 9.62 Å². The molecule has 3 rings (SSSR count). The summed E-state index contributed by atoms with van der Waals surface area (Å²) in [5, 5.41) is 3.67. The van der Waals surface area contributed by atoms with Crippen LogP contribution in [0.1, 0.15) is 25.7 Å². The molecule has 1 heterocycles. The van der Waals surface area contributed by atoms with Crippen LogP contribution in [0.5, 0.6) is 0 Å². The van der Waals surface area contributed by atoms with Crippen molar-refractivity contribution in [1.29, 1.82) is 0 Å². The Bertz CT molecular complexity index is 592. The number of nitrogens with zero attached hydrogens (tertiary/aromatic N) is 1. The summed E-state index contributed by atoms with van der Waals surface area (Å²) < 4.78 is 25.0. The van der Waals surface area contributed by atoms with Crippen molar-refractivity contribution in [3.05, 3.63) is 30.3 Å². The molecule has 4 nitrogen and oxygen atoms in total. The van der Waals surface area contributed by atoms with Gasteiger partial charge in [-0.2, -0.15) is 0 Å². The highest BCUT2D eigenvalue weighted by atomic mass is 32.2. The Morgan fingerprint density at radius 1 is 1.23 bits per heavy atom. The first-order valence-electron chi connectivity index (χ1n) is 7.89. The lowest BCUT2D eigenvalue weighted by molar-refractivity contribution is 0.291. The van der Waals surface area contributed by atoms with Gasteiger partial charge in [0.05, 0.1) is 6.26 Å². The molecule has 0 amide bonds. The number of thioether (sulfide) groups is 1. The van der Waals surface area contributed by atoms with E-state index in [1.165, 1.54) is 24.0 Å². The molecule has 22 heavy (non-hydrogen) atoms. The molecule has 1 saturated heterocycles. The molecule has 2 aliphatic rings. The largest absolute Gasteiger partial charge is 0.312 e. The third-order valence-electron chi connectivity index (χ3n) is 4.52. The fraction of sp³-hybridized carbons (Fsp3) is 0.625. The quantitative estimate of drug-likeness (QED) is 0.863. The summed E-state index contributed by atoms with van der Waals surface area (Å²) in [7, 11) is -3.02. The molecule has 0 radical (unpaired) electrons. The highest BCUT2D eigenvalue weighted by Crippen LogP contribution is 2.51. The number of hydrogen-bond acceptors (Lipinski definition) is 4.